The Bertz CT molecular complexity index is 644. The fourth-order valence-electron chi connectivity index (χ4n) is 3.13. The Hall–Kier alpha value is -1.78. The number of pyridine rings is 1. The molecule has 2 N–H and O–H groups in total. The van der Waals surface area contributed by atoms with Crippen LogP contribution >= 0.6 is 11.6 Å². The Balaban J connectivity index is 1.52. The summed E-state index contributed by atoms with van der Waals surface area (Å²) in [6.07, 6.45) is 5.09. The molecule has 4 nitrogen and oxygen atoms in total. The lowest BCUT2D eigenvalue weighted by molar-refractivity contribution is 0.226. The maximum absolute atomic E-state index is 6.01. The first kappa shape index (κ1) is 12.9. The largest absolute Gasteiger partial charge is 0.367 e. The van der Waals surface area contributed by atoms with E-state index in [4.69, 9.17) is 11.6 Å². The van der Waals surface area contributed by atoms with Crippen molar-refractivity contribution in [2.75, 3.05) is 23.3 Å². The lowest BCUT2D eigenvalue weighted by atomic mass is 9.91. The van der Waals surface area contributed by atoms with E-state index in [-0.39, 0.29) is 0 Å². The van der Waals surface area contributed by atoms with Gasteiger partial charge in [-0.1, -0.05) is 17.7 Å². The number of nitrogens with one attached hydrogen (secondary N) is 2. The smallest absolute Gasteiger partial charge is 0.0591 e. The Morgan fingerprint density at radius 1 is 1.14 bits per heavy atom. The third-order valence-electron chi connectivity index (χ3n) is 4.12. The minimum atomic E-state index is 0.647. The minimum absolute atomic E-state index is 0.647. The van der Waals surface area contributed by atoms with Crippen LogP contribution in [0, 0.1) is 0 Å². The van der Waals surface area contributed by atoms with Gasteiger partial charge in [0.05, 0.1) is 23.8 Å². The van der Waals surface area contributed by atoms with Crippen LogP contribution < -0.4 is 15.5 Å². The fraction of sp³-hybridized carbons (Fsp3) is 0.312. The summed E-state index contributed by atoms with van der Waals surface area (Å²) >= 11 is 6.01. The lowest BCUT2D eigenvalue weighted by Gasteiger charge is -2.49. The van der Waals surface area contributed by atoms with Gasteiger partial charge in [0.2, 0.25) is 0 Å². The maximum atomic E-state index is 6.01. The van der Waals surface area contributed by atoms with Crippen molar-refractivity contribution in [3.63, 3.8) is 0 Å². The van der Waals surface area contributed by atoms with E-state index in [2.05, 4.69) is 26.6 Å². The molecule has 0 amide bonds. The number of piperidine rings is 1. The summed E-state index contributed by atoms with van der Waals surface area (Å²) in [6.45, 7) is 2.14. The summed E-state index contributed by atoms with van der Waals surface area (Å²) < 4.78 is 0. The highest BCUT2D eigenvalue weighted by Crippen LogP contribution is 2.28. The topological polar surface area (TPSA) is 40.2 Å². The third kappa shape index (κ3) is 2.69. The van der Waals surface area contributed by atoms with Gasteiger partial charge in [0.15, 0.2) is 0 Å². The summed E-state index contributed by atoms with van der Waals surface area (Å²) in [6, 6.07) is 11.2. The standard InChI is InChI=1S/C16H17ClN4/c17-11-2-1-3-12(4-11)19-13-6-16(8-18-7-13)21-9-14-5-15(10-21)20-14/h1-4,6-8,14-15,19-20H,5,9-10H2. The third-order valence-corrected chi connectivity index (χ3v) is 4.36. The van der Waals surface area contributed by atoms with Crippen molar-refractivity contribution >= 4 is 28.7 Å². The highest BCUT2D eigenvalue weighted by atomic mass is 35.5. The molecule has 5 heteroatoms. The molecule has 1 aromatic carbocycles. The first-order chi connectivity index (χ1) is 10.3. The fourth-order valence-corrected chi connectivity index (χ4v) is 3.32. The number of benzene rings is 1. The summed E-state index contributed by atoms with van der Waals surface area (Å²) in [5, 5.41) is 7.63. The highest BCUT2D eigenvalue weighted by Gasteiger charge is 2.36. The van der Waals surface area contributed by atoms with E-state index in [1.807, 2.05) is 36.7 Å². The zero-order valence-electron chi connectivity index (χ0n) is 11.6. The van der Waals surface area contributed by atoms with Crippen molar-refractivity contribution in [2.45, 2.75) is 18.5 Å². The zero-order valence-corrected chi connectivity index (χ0v) is 12.3. The van der Waals surface area contributed by atoms with Crippen LogP contribution in [0.3, 0.4) is 0 Å². The van der Waals surface area contributed by atoms with E-state index in [1.54, 1.807) is 0 Å². The van der Waals surface area contributed by atoms with Crippen molar-refractivity contribution < 1.29 is 0 Å². The molecule has 108 valence electrons. The molecular weight excluding hydrogens is 284 g/mol. The van der Waals surface area contributed by atoms with Crippen molar-refractivity contribution in [2.24, 2.45) is 0 Å². The number of anilines is 3. The van der Waals surface area contributed by atoms with E-state index in [0.717, 1.165) is 29.5 Å². The highest BCUT2D eigenvalue weighted by molar-refractivity contribution is 6.30. The van der Waals surface area contributed by atoms with Crippen LogP contribution in [-0.4, -0.2) is 30.2 Å². The average molecular weight is 301 g/mol. The van der Waals surface area contributed by atoms with Crippen LogP contribution in [0.25, 0.3) is 0 Å². The maximum Gasteiger partial charge on any atom is 0.0591 e. The Kier molecular flexibility index (Phi) is 3.20. The molecule has 0 aliphatic carbocycles. The van der Waals surface area contributed by atoms with Gasteiger partial charge in [0.1, 0.15) is 0 Å². The SMILES string of the molecule is Clc1cccc(Nc2cncc(N3CC4CC(C3)N4)c2)c1. The van der Waals surface area contributed by atoms with Crippen LogP contribution in [0.15, 0.2) is 42.7 Å². The molecule has 0 saturated carbocycles. The normalized spacial score (nSPS) is 23.6. The number of piperazine rings is 1. The predicted octanol–water partition coefficient (Wildman–Crippen LogP) is 3.03. The van der Waals surface area contributed by atoms with Gasteiger partial charge in [0.25, 0.3) is 0 Å². The molecule has 0 radical (unpaired) electrons. The van der Waals surface area contributed by atoms with Gasteiger partial charge in [0, 0.05) is 35.9 Å². The van der Waals surface area contributed by atoms with E-state index < -0.39 is 0 Å². The quantitative estimate of drug-likeness (QED) is 0.914. The van der Waals surface area contributed by atoms with Gasteiger partial charge in [-0.3, -0.25) is 4.98 Å². The van der Waals surface area contributed by atoms with Gasteiger partial charge >= 0.3 is 0 Å². The monoisotopic (exact) mass is 300 g/mol. The Morgan fingerprint density at radius 3 is 2.71 bits per heavy atom. The van der Waals surface area contributed by atoms with Crippen molar-refractivity contribution in [1.82, 2.24) is 10.3 Å². The molecule has 2 aromatic rings. The molecule has 4 heterocycles. The van der Waals surface area contributed by atoms with Gasteiger partial charge in [-0.25, -0.2) is 0 Å². The second kappa shape index (κ2) is 5.20. The number of nitrogens with zero attached hydrogens (tertiary/aromatic N) is 2. The van der Waals surface area contributed by atoms with E-state index in [1.165, 1.54) is 12.1 Å². The number of halogens is 1. The molecule has 2 unspecified atom stereocenters. The predicted molar refractivity (Wildman–Crippen MR) is 86.5 cm³/mol. The number of fused-ring (bicyclic) bond motifs is 2. The van der Waals surface area contributed by atoms with Crippen molar-refractivity contribution in [1.29, 1.82) is 0 Å². The molecule has 0 spiro atoms. The van der Waals surface area contributed by atoms with Gasteiger partial charge in [-0.05, 0) is 30.7 Å². The number of rotatable bonds is 3. The van der Waals surface area contributed by atoms with Crippen LogP contribution in [0.1, 0.15) is 6.42 Å². The summed E-state index contributed by atoms with van der Waals surface area (Å²) in [7, 11) is 0. The van der Waals surface area contributed by atoms with E-state index in [9.17, 15) is 0 Å². The van der Waals surface area contributed by atoms with Crippen LogP contribution in [0.5, 0.6) is 0 Å². The van der Waals surface area contributed by atoms with E-state index in [0.29, 0.717) is 12.1 Å². The summed E-state index contributed by atoms with van der Waals surface area (Å²) in [5.74, 6) is 0. The molecule has 3 fully saturated rings. The van der Waals surface area contributed by atoms with E-state index >= 15 is 0 Å². The van der Waals surface area contributed by atoms with Crippen molar-refractivity contribution in [3.05, 3.63) is 47.7 Å². The molecule has 5 rings (SSSR count). The molecule has 2 bridgehead atoms. The van der Waals surface area contributed by atoms with Crippen molar-refractivity contribution in [3.8, 4) is 0 Å². The Morgan fingerprint density at radius 2 is 1.95 bits per heavy atom. The zero-order chi connectivity index (χ0) is 14.2. The summed E-state index contributed by atoms with van der Waals surface area (Å²) in [5.41, 5.74) is 3.14. The second-order valence-electron chi connectivity index (χ2n) is 5.77. The number of aromatic nitrogens is 1. The molecule has 3 saturated heterocycles. The number of hydrogen-bond donors (Lipinski definition) is 2. The number of hydrogen-bond acceptors (Lipinski definition) is 4. The molecule has 3 aliphatic heterocycles. The molecule has 1 aromatic heterocycles. The van der Waals surface area contributed by atoms with Gasteiger partial charge in [-0.2, -0.15) is 0 Å². The first-order valence-corrected chi connectivity index (χ1v) is 7.63. The average Bonchev–Trinajstić information content (AvgIpc) is 2.47. The van der Waals surface area contributed by atoms with Gasteiger partial charge < -0.3 is 15.5 Å². The minimum Gasteiger partial charge on any atom is -0.367 e. The lowest BCUT2D eigenvalue weighted by Crippen LogP contribution is -2.67. The molecule has 3 aliphatic rings. The second-order valence-corrected chi connectivity index (χ2v) is 6.20. The molecule has 2 atom stereocenters. The van der Waals surface area contributed by atoms with Crippen LogP contribution in [0.2, 0.25) is 5.02 Å². The van der Waals surface area contributed by atoms with Gasteiger partial charge in [-0.15, -0.1) is 0 Å². The van der Waals surface area contributed by atoms with Crippen LogP contribution in [-0.2, 0) is 0 Å². The molecular formula is C16H17ClN4. The first-order valence-electron chi connectivity index (χ1n) is 7.25. The molecule has 21 heavy (non-hydrogen) atoms. The summed E-state index contributed by atoms with van der Waals surface area (Å²) in [4.78, 5) is 6.77. The Labute approximate surface area is 129 Å². The van der Waals surface area contributed by atoms with Crippen LogP contribution in [0.4, 0.5) is 17.1 Å².